The van der Waals surface area contributed by atoms with Crippen molar-refractivity contribution < 1.29 is 14.0 Å². The van der Waals surface area contributed by atoms with Gasteiger partial charge in [0.1, 0.15) is 10.7 Å². The number of nitrogens with one attached hydrogen (secondary N) is 1. The number of halogens is 2. The molecule has 0 aliphatic carbocycles. The summed E-state index contributed by atoms with van der Waals surface area (Å²) in [6.45, 7) is 0.906. The highest BCUT2D eigenvalue weighted by Gasteiger charge is 2.26. The van der Waals surface area contributed by atoms with E-state index in [9.17, 15) is 14.0 Å². The van der Waals surface area contributed by atoms with Crippen molar-refractivity contribution in [1.82, 2.24) is 10.2 Å². The highest BCUT2D eigenvalue weighted by molar-refractivity contribution is 7.21. The lowest BCUT2D eigenvalue weighted by atomic mass is 10.2. The van der Waals surface area contributed by atoms with E-state index in [1.165, 1.54) is 17.0 Å². The molecule has 0 bridgehead atoms. The van der Waals surface area contributed by atoms with E-state index in [1.807, 2.05) is 0 Å². The van der Waals surface area contributed by atoms with Crippen molar-refractivity contribution in [3.63, 3.8) is 0 Å². The molecule has 0 atom stereocenters. The minimum absolute atomic E-state index is 0.0256. The minimum Gasteiger partial charge on any atom is -0.353 e. The van der Waals surface area contributed by atoms with Crippen molar-refractivity contribution in [3.8, 4) is 0 Å². The van der Waals surface area contributed by atoms with Crippen molar-refractivity contribution in [1.29, 1.82) is 0 Å². The summed E-state index contributed by atoms with van der Waals surface area (Å²) in [4.78, 5) is 25.5. The van der Waals surface area contributed by atoms with E-state index < -0.39 is 0 Å². The van der Waals surface area contributed by atoms with Crippen LogP contribution in [0.2, 0.25) is 5.02 Å². The van der Waals surface area contributed by atoms with E-state index in [-0.39, 0.29) is 24.2 Å². The standard InChI is InChI=1S/C13H10ClFN2O2S/c14-11-8-2-1-7(15)5-9(8)20-12(11)13(19)17-4-3-16-10(18)6-17/h1-2,5H,3-4,6H2,(H,16,18). The molecule has 0 saturated carbocycles. The Morgan fingerprint density at radius 2 is 2.25 bits per heavy atom. The third kappa shape index (κ3) is 2.25. The Labute approximate surface area is 123 Å². The molecule has 0 unspecified atom stereocenters. The fraction of sp³-hybridized carbons (Fsp3) is 0.231. The smallest absolute Gasteiger partial charge is 0.266 e. The summed E-state index contributed by atoms with van der Waals surface area (Å²) in [6, 6.07) is 4.22. The Morgan fingerprint density at radius 1 is 1.45 bits per heavy atom. The molecule has 1 saturated heterocycles. The minimum atomic E-state index is -0.369. The first kappa shape index (κ1) is 13.3. The third-order valence-electron chi connectivity index (χ3n) is 3.11. The second-order valence-electron chi connectivity index (χ2n) is 4.46. The van der Waals surface area contributed by atoms with Crippen molar-refractivity contribution in [2.45, 2.75) is 0 Å². The van der Waals surface area contributed by atoms with Gasteiger partial charge in [0.2, 0.25) is 5.91 Å². The fourth-order valence-corrected chi connectivity index (χ4v) is 3.64. The lowest BCUT2D eigenvalue weighted by Gasteiger charge is -2.26. The largest absolute Gasteiger partial charge is 0.353 e. The van der Waals surface area contributed by atoms with Crippen LogP contribution in [0.1, 0.15) is 9.67 Å². The van der Waals surface area contributed by atoms with E-state index in [0.717, 1.165) is 11.3 Å². The van der Waals surface area contributed by atoms with Gasteiger partial charge in [-0.1, -0.05) is 11.6 Å². The van der Waals surface area contributed by atoms with Crippen molar-refractivity contribution in [2.75, 3.05) is 19.6 Å². The number of fused-ring (bicyclic) bond motifs is 1. The van der Waals surface area contributed by atoms with Crippen LogP contribution < -0.4 is 5.32 Å². The van der Waals surface area contributed by atoms with Gasteiger partial charge in [-0.15, -0.1) is 11.3 Å². The third-order valence-corrected chi connectivity index (χ3v) is 4.76. The number of rotatable bonds is 1. The Bertz CT molecular complexity index is 716. The van der Waals surface area contributed by atoms with Gasteiger partial charge >= 0.3 is 0 Å². The van der Waals surface area contributed by atoms with E-state index in [4.69, 9.17) is 11.6 Å². The quantitative estimate of drug-likeness (QED) is 0.878. The normalized spacial score (nSPS) is 15.5. The summed E-state index contributed by atoms with van der Waals surface area (Å²) >= 11 is 7.35. The molecule has 1 N–H and O–H groups in total. The second-order valence-corrected chi connectivity index (χ2v) is 5.89. The molecular weight excluding hydrogens is 303 g/mol. The number of carbonyl (C=O) groups excluding carboxylic acids is 2. The maximum atomic E-state index is 13.2. The van der Waals surface area contributed by atoms with Crippen LogP contribution in [0.5, 0.6) is 0 Å². The second kappa shape index (κ2) is 5.03. The molecule has 1 fully saturated rings. The predicted molar refractivity (Wildman–Crippen MR) is 75.7 cm³/mol. The molecule has 2 amide bonds. The molecule has 7 heteroatoms. The average Bonchev–Trinajstić information content (AvgIpc) is 2.74. The summed E-state index contributed by atoms with van der Waals surface area (Å²) in [5.41, 5.74) is 0. The molecule has 1 aliphatic heterocycles. The maximum absolute atomic E-state index is 13.2. The summed E-state index contributed by atoms with van der Waals surface area (Å²) < 4.78 is 13.8. The van der Waals surface area contributed by atoms with Gasteiger partial charge in [-0.3, -0.25) is 9.59 Å². The predicted octanol–water partition coefficient (Wildman–Crippen LogP) is 2.27. The van der Waals surface area contributed by atoms with Gasteiger partial charge in [-0.25, -0.2) is 4.39 Å². The molecular formula is C13H10ClFN2O2S. The zero-order valence-electron chi connectivity index (χ0n) is 10.3. The average molecular weight is 313 g/mol. The molecule has 1 aromatic heterocycles. The van der Waals surface area contributed by atoms with Crippen LogP contribution in [0.3, 0.4) is 0 Å². The first-order valence-corrected chi connectivity index (χ1v) is 7.19. The van der Waals surface area contributed by atoms with Crippen molar-refractivity contribution >= 4 is 44.8 Å². The number of carbonyl (C=O) groups is 2. The molecule has 3 rings (SSSR count). The number of hydrogen-bond acceptors (Lipinski definition) is 3. The van der Waals surface area contributed by atoms with Crippen LogP contribution in [-0.2, 0) is 4.79 Å². The van der Waals surface area contributed by atoms with Crippen molar-refractivity contribution in [2.24, 2.45) is 0 Å². The number of benzene rings is 1. The molecule has 0 radical (unpaired) electrons. The van der Waals surface area contributed by atoms with Crippen LogP contribution in [0.25, 0.3) is 10.1 Å². The van der Waals surface area contributed by atoms with Gasteiger partial charge in [-0.2, -0.15) is 0 Å². The number of piperazine rings is 1. The SMILES string of the molecule is O=C1CN(C(=O)c2sc3cc(F)ccc3c2Cl)CCN1. The highest BCUT2D eigenvalue weighted by atomic mass is 35.5. The van der Waals surface area contributed by atoms with Gasteiger partial charge in [0.15, 0.2) is 0 Å². The lowest BCUT2D eigenvalue weighted by Crippen LogP contribution is -2.49. The fourth-order valence-electron chi connectivity index (χ4n) is 2.13. The van der Waals surface area contributed by atoms with Gasteiger partial charge in [0.25, 0.3) is 5.91 Å². The first-order chi connectivity index (χ1) is 9.56. The Morgan fingerprint density at radius 3 is 3.00 bits per heavy atom. The van der Waals surface area contributed by atoms with Gasteiger partial charge in [-0.05, 0) is 18.2 Å². The lowest BCUT2D eigenvalue weighted by molar-refractivity contribution is -0.123. The maximum Gasteiger partial charge on any atom is 0.266 e. The highest BCUT2D eigenvalue weighted by Crippen LogP contribution is 2.36. The monoisotopic (exact) mass is 312 g/mol. The first-order valence-electron chi connectivity index (χ1n) is 6.00. The van der Waals surface area contributed by atoms with Crippen molar-refractivity contribution in [3.05, 3.63) is 33.9 Å². The Hall–Kier alpha value is -1.66. The molecule has 4 nitrogen and oxygen atoms in total. The van der Waals surface area contributed by atoms with Crippen LogP contribution in [0.4, 0.5) is 4.39 Å². The van der Waals surface area contributed by atoms with Crippen LogP contribution in [0, 0.1) is 5.82 Å². The number of amides is 2. The van der Waals surface area contributed by atoms with Gasteiger partial charge in [0, 0.05) is 23.2 Å². The van der Waals surface area contributed by atoms with E-state index in [2.05, 4.69) is 5.32 Å². The van der Waals surface area contributed by atoms with Gasteiger partial charge in [0.05, 0.1) is 11.6 Å². The molecule has 2 heterocycles. The van der Waals surface area contributed by atoms with Crippen LogP contribution in [-0.4, -0.2) is 36.3 Å². The van der Waals surface area contributed by atoms with E-state index >= 15 is 0 Å². The molecule has 1 aromatic carbocycles. The zero-order chi connectivity index (χ0) is 14.3. The number of thiophene rings is 1. The summed E-state index contributed by atoms with van der Waals surface area (Å²) in [7, 11) is 0. The van der Waals surface area contributed by atoms with Crippen LogP contribution in [0.15, 0.2) is 18.2 Å². The summed E-state index contributed by atoms with van der Waals surface area (Å²) in [5, 5.41) is 3.63. The molecule has 104 valence electrons. The topological polar surface area (TPSA) is 49.4 Å². The number of nitrogens with zero attached hydrogens (tertiary/aromatic N) is 1. The zero-order valence-corrected chi connectivity index (χ0v) is 11.9. The van der Waals surface area contributed by atoms with E-state index in [1.54, 1.807) is 6.07 Å². The van der Waals surface area contributed by atoms with Gasteiger partial charge < -0.3 is 10.2 Å². The Balaban J connectivity index is 1.99. The molecule has 20 heavy (non-hydrogen) atoms. The molecule has 0 spiro atoms. The summed E-state index contributed by atoms with van der Waals surface area (Å²) in [6.07, 6.45) is 0. The van der Waals surface area contributed by atoms with Crippen LogP contribution >= 0.6 is 22.9 Å². The molecule has 1 aliphatic rings. The summed E-state index contributed by atoms with van der Waals surface area (Å²) in [5.74, 6) is -0.842. The number of hydrogen-bond donors (Lipinski definition) is 1. The van der Waals surface area contributed by atoms with E-state index in [0.29, 0.717) is 33.1 Å². The Kier molecular flexibility index (Phi) is 3.35. The molecule has 2 aromatic rings.